The van der Waals surface area contributed by atoms with Gasteiger partial charge in [0.1, 0.15) is 37.0 Å². The van der Waals surface area contributed by atoms with Crippen molar-refractivity contribution >= 4 is 86.8 Å². The maximum atomic E-state index is 13.3. The number of alkyl carbamates (subject to hydrolysis) is 1. The lowest BCUT2D eigenvalue weighted by Crippen LogP contribution is -2.65. The predicted octanol–water partition coefficient (Wildman–Crippen LogP) is 2.77. The average Bonchev–Trinajstić information content (AvgIpc) is 3.95. The molecular weight excluding hydrogens is 1070 g/mol. The molecule has 3 aromatic rings. The molecule has 10 N–H and O–H groups in total. The molecule has 0 spiro atoms. The molecule has 0 bridgehead atoms. The SMILES string of the molecule is CCCCC(I)(CC)C1CC(=O)N(CCC(=O)N[C@H](C(=O)N[C@@H](C)C(=O)Nc2ccc(COC(=O)NCCCC(=O)N[C@@H]3[C@@H](O)[C@H](O)[C@@H](Nc4ncnc5c4[nH]c[n+]5C(C)CCC)O[C@H]3CO)cc2)C(C)C)C1=O. The Bertz CT molecular complexity index is 2410. The zero-order chi connectivity index (χ0) is 54.3. The second kappa shape index (κ2) is 27.8. The Kier molecular flexibility index (Phi) is 22.3. The highest BCUT2D eigenvalue weighted by Gasteiger charge is 2.49. The van der Waals surface area contributed by atoms with Crippen LogP contribution in [0.15, 0.2) is 36.9 Å². The normalized spacial score (nSPS) is 21.9. The molecular formula is C50H75IN11O12+. The Morgan fingerprint density at radius 1 is 0.959 bits per heavy atom. The second-order valence-corrected chi connectivity index (χ2v) is 21.6. The van der Waals surface area contributed by atoms with Gasteiger partial charge in [-0.1, -0.05) is 93.6 Å². The van der Waals surface area contributed by atoms with Gasteiger partial charge in [-0.15, -0.1) is 0 Å². The molecule has 74 heavy (non-hydrogen) atoms. The van der Waals surface area contributed by atoms with Crippen LogP contribution in [0, 0.1) is 11.8 Å². The van der Waals surface area contributed by atoms with E-state index in [-0.39, 0.29) is 72.6 Å². The Labute approximate surface area is 445 Å². The first kappa shape index (κ1) is 59.3. The van der Waals surface area contributed by atoms with E-state index in [9.17, 15) is 48.9 Å². The Hall–Kier alpha value is -5.57. The number of ether oxygens (including phenoxy) is 2. The van der Waals surface area contributed by atoms with E-state index in [0.29, 0.717) is 28.2 Å². The highest BCUT2D eigenvalue weighted by atomic mass is 127. The molecule has 408 valence electrons. The number of imidazole rings is 1. The van der Waals surface area contributed by atoms with Gasteiger partial charge in [-0.25, -0.2) is 9.36 Å². The molecule has 2 fully saturated rings. The number of H-pyrrole nitrogens is 1. The summed E-state index contributed by atoms with van der Waals surface area (Å²) >= 11 is 2.32. The number of aliphatic hydroxyl groups excluding tert-OH is 3. The standard InChI is InChI=1S/C50H74IN11O12/c1-8-11-20-50(51,10-3)33-23-37(66)61(48(33)71)22-19-36(65)58-38(28(4)5)46(70)56-30(7)45(69)57-32-17-15-31(16-18-32)25-73-49(72)52-21-12-14-35(64)59-39-34(24-63)74-47(42(68)41(39)67)60-43-40-44(54-26-53-43)62(27-55-40)29(6)13-9-2/h15-18,26-30,33-34,38-39,41-42,47,63,67-68H,8-14,19-25H2,1-7H3,(H6,52,53,54,56,57,58,59,60,64,65,69,70,72)/p+1/t29?,30-,33?,34-,38-,39-,41+,42-,47-,50?/m0/s1. The number of hydrogen-bond acceptors (Lipinski definition) is 15. The number of carbonyl (C=O) groups excluding carboxylic acids is 7. The Morgan fingerprint density at radius 3 is 2.35 bits per heavy atom. The van der Waals surface area contributed by atoms with Gasteiger partial charge in [0.25, 0.3) is 0 Å². The topological polar surface area (TPSA) is 320 Å². The smallest absolute Gasteiger partial charge is 0.407 e. The number of aromatic amines is 1. The fourth-order valence-corrected chi connectivity index (χ4v) is 9.91. The maximum absolute atomic E-state index is 13.3. The molecule has 0 aliphatic carbocycles. The van der Waals surface area contributed by atoms with Crippen molar-refractivity contribution in [2.45, 2.75) is 171 Å². The number of nitrogens with zero attached hydrogens (tertiary/aromatic N) is 4. The van der Waals surface area contributed by atoms with E-state index in [1.165, 1.54) is 13.3 Å². The number of nitrogens with one attached hydrogen (secondary N) is 7. The average molecular weight is 1150 g/mol. The van der Waals surface area contributed by atoms with Crippen LogP contribution in [0.2, 0.25) is 0 Å². The van der Waals surface area contributed by atoms with Crippen LogP contribution >= 0.6 is 22.6 Å². The maximum Gasteiger partial charge on any atom is 0.407 e. The summed E-state index contributed by atoms with van der Waals surface area (Å²) in [7, 11) is 0. The molecule has 2 aliphatic heterocycles. The molecule has 7 amide bonds. The third kappa shape index (κ3) is 15.5. The summed E-state index contributed by atoms with van der Waals surface area (Å²) in [6.07, 6.45) is 2.57. The molecule has 1 aromatic carbocycles. The molecule has 3 unspecified atom stereocenters. The van der Waals surface area contributed by atoms with Gasteiger partial charge in [-0.05, 0) is 63.1 Å². The van der Waals surface area contributed by atoms with Crippen LogP contribution in [0.5, 0.6) is 0 Å². The summed E-state index contributed by atoms with van der Waals surface area (Å²) in [4.78, 5) is 104. The van der Waals surface area contributed by atoms with Crippen LogP contribution in [-0.4, -0.2) is 142 Å². The lowest BCUT2D eigenvalue weighted by molar-refractivity contribution is -0.697. The largest absolute Gasteiger partial charge is 0.445 e. The van der Waals surface area contributed by atoms with Gasteiger partial charge in [0.05, 0.1) is 24.6 Å². The highest BCUT2D eigenvalue weighted by Crippen LogP contribution is 2.43. The lowest BCUT2D eigenvalue weighted by atomic mass is 9.84. The molecule has 2 saturated heterocycles. The summed E-state index contributed by atoms with van der Waals surface area (Å²) in [5.41, 5.74) is 2.20. The van der Waals surface area contributed by atoms with Crippen molar-refractivity contribution in [3.05, 3.63) is 42.5 Å². The predicted molar refractivity (Wildman–Crippen MR) is 280 cm³/mol. The number of rotatable bonds is 27. The molecule has 0 saturated carbocycles. The number of unbranched alkanes of at least 4 members (excludes halogenated alkanes) is 1. The van der Waals surface area contributed by atoms with Crippen molar-refractivity contribution in [1.29, 1.82) is 0 Å². The zero-order valence-corrected chi connectivity index (χ0v) is 45.5. The Balaban J connectivity index is 0.987. The van der Waals surface area contributed by atoms with E-state index < -0.39 is 84.9 Å². The summed E-state index contributed by atoms with van der Waals surface area (Å²) in [6.45, 7) is 12.6. The summed E-state index contributed by atoms with van der Waals surface area (Å²) < 4.78 is 12.8. The summed E-state index contributed by atoms with van der Waals surface area (Å²) in [5, 5.41) is 48.5. The fourth-order valence-electron chi connectivity index (χ4n) is 9.04. The number of benzene rings is 1. The number of aromatic nitrogens is 4. The monoisotopic (exact) mass is 1150 g/mol. The first-order valence-electron chi connectivity index (χ1n) is 25.6. The van der Waals surface area contributed by atoms with E-state index in [0.717, 1.165) is 43.4 Å². The van der Waals surface area contributed by atoms with Gasteiger partial charge >= 0.3 is 11.7 Å². The molecule has 4 heterocycles. The van der Waals surface area contributed by atoms with E-state index in [1.54, 1.807) is 44.4 Å². The molecule has 10 atom stereocenters. The van der Waals surface area contributed by atoms with E-state index in [1.807, 2.05) is 11.5 Å². The van der Waals surface area contributed by atoms with Crippen LogP contribution in [0.3, 0.4) is 0 Å². The Morgan fingerprint density at radius 2 is 1.69 bits per heavy atom. The summed E-state index contributed by atoms with van der Waals surface area (Å²) in [6, 6.07) is 3.50. The van der Waals surface area contributed by atoms with Crippen molar-refractivity contribution in [2.24, 2.45) is 11.8 Å². The van der Waals surface area contributed by atoms with Crippen molar-refractivity contribution in [3.63, 3.8) is 0 Å². The number of carbonyl (C=O) groups is 7. The van der Waals surface area contributed by atoms with Gasteiger partial charge in [0.15, 0.2) is 24.7 Å². The van der Waals surface area contributed by atoms with Crippen LogP contribution in [0.25, 0.3) is 11.2 Å². The van der Waals surface area contributed by atoms with Gasteiger partial charge < -0.3 is 56.7 Å². The quantitative estimate of drug-likeness (QED) is 0.0173. The molecule has 5 rings (SSSR count). The number of amides is 7. The van der Waals surface area contributed by atoms with Gasteiger partial charge in [0.2, 0.25) is 41.0 Å². The van der Waals surface area contributed by atoms with Crippen molar-refractivity contribution in [1.82, 2.24) is 41.1 Å². The number of halogens is 1. The van der Waals surface area contributed by atoms with E-state index in [4.69, 9.17) is 9.47 Å². The number of aliphatic hydroxyl groups is 3. The molecule has 2 aliphatic rings. The second-order valence-electron chi connectivity index (χ2n) is 19.4. The van der Waals surface area contributed by atoms with Crippen LogP contribution < -0.4 is 36.5 Å². The van der Waals surface area contributed by atoms with Crippen LogP contribution in [0.4, 0.5) is 16.3 Å². The zero-order valence-electron chi connectivity index (χ0n) is 43.3. The number of fused-ring (bicyclic) bond motifs is 1. The number of alkyl halides is 1. The minimum Gasteiger partial charge on any atom is -0.445 e. The third-order valence-corrected chi connectivity index (χ3v) is 15.6. The summed E-state index contributed by atoms with van der Waals surface area (Å²) in [5.74, 6) is -3.17. The minimum absolute atomic E-state index is 0.0719. The number of imide groups is 1. The van der Waals surface area contributed by atoms with E-state index >= 15 is 0 Å². The molecule has 24 heteroatoms. The molecule has 23 nitrogen and oxygen atoms in total. The highest BCUT2D eigenvalue weighted by molar-refractivity contribution is 14.1. The van der Waals surface area contributed by atoms with Crippen molar-refractivity contribution in [3.8, 4) is 0 Å². The number of hydrogen-bond donors (Lipinski definition) is 10. The first-order chi connectivity index (χ1) is 35.2. The molecule has 2 aromatic heterocycles. The molecule has 0 radical (unpaired) electrons. The fraction of sp³-hybridized carbons (Fsp3) is 0.640. The van der Waals surface area contributed by atoms with Gasteiger partial charge in [-0.2, -0.15) is 4.98 Å². The minimum atomic E-state index is -1.52. The van der Waals surface area contributed by atoms with Crippen LogP contribution in [-0.2, 0) is 44.8 Å². The lowest BCUT2D eigenvalue weighted by Gasteiger charge is -2.42. The van der Waals surface area contributed by atoms with Crippen LogP contribution in [0.1, 0.15) is 124 Å². The van der Waals surface area contributed by atoms with Crippen molar-refractivity contribution < 1.29 is 62.9 Å². The number of likely N-dealkylation sites (tertiary alicyclic amines) is 1. The van der Waals surface area contributed by atoms with Gasteiger partial charge in [-0.3, -0.25) is 38.7 Å². The van der Waals surface area contributed by atoms with E-state index in [2.05, 4.69) is 90.2 Å². The van der Waals surface area contributed by atoms with Gasteiger partial charge in [0, 0.05) is 41.5 Å². The third-order valence-electron chi connectivity index (χ3n) is 13.6. The first-order valence-corrected chi connectivity index (χ1v) is 26.7. The van der Waals surface area contributed by atoms with Crippen molar-refractivity contribution in [2.75, 3.05) is 30.3 Å². The number of anilines is 2.